The third-order valence-electron chi connectivity index (χ3n) is 22.9. The van der Waals surface area contributed by atoms with Crippen LogP contribution in [0.3, 0.4) is 0 Å². The lowest BCUT2D eigenvalue weighted by molar-refractivity contribution is 0.438. The zero-order valence-electron chi connectivity index (χ0n) is 58.4. The maximum absolute atomic E-state index is 7.17. The van der Waals surface area contributed by atoms with Crippen LogP contribution in [0.25, 0.3) is 145 Å². The molecule has 0 unspecified atom stereocenters. The average Bonchev–Trinajstić information content (AvgIpc) is 1.50. The van der Waals surface area contributed by atoms with Crippen LogP contribution in [-0.4, -0.2) is 19.9 Å². The Bertz CT molecular complexity index is 6650. The van der Waals surface area contributed by atoms with E-state index in [1.54, 1.807) is 0 Å². The van der Waals surface area contributed by atoms with Crippen LogP contribution >= 0.6 is 0 Å². The molecule has 0 fully saturated rings. The Morgan fingerprint density at radius 2 is 0.509 bits per heavy atom. The second-order valence-corrected chi connectivity index (χ2v) is 28.5. The molecule has 108 heavy (non-hydrogen) atoms. The van der Waals surface area contributed by atoms with Crippen molar-refractivity contribution < 1.29 is 9.47 Å². The fraction of sp³-hybridized carbons (Fsp3) is 0.0196. The minimum atomic E-state index is -0.571. The van der Waals surface area contributed by atoms with Crippen LogP contribution in [0.5, 0.6) is 23.0 Å². The first-order valence-corrected chi connectivity index (χ1v) is 36.9. The number of aromatic nitrogens is 4. The number of hydrogen-bond donors (Lipinski definition) is 0. The fourth-order valence-corrected chi connectivity index (χ4v) is 18.2. The minimum Gasteiger partial charge on any atom is -0.456 e. The SMILES string of the molecule is c1ccc(-c2nc(-c3ccc(-c4ccccc4-c4cccc5c4Oc4ccccc4C54c5ccccc5-c5ccccc54)cc3)c3ccc(-c4ccc5c(-c6cccc(-c7ccc(-c8cccc9c8Oc8ccccc8C98c9ccccc9-c9ccccc98)cc7)c6)nc(-c6ccccc6)nc5c4)cc3n2)cc1. The highest BCUT2D eigenvalue weighted by molar-refractivity contribution is 6.01. The van der Waals surface area contributed by atoms with Gasteiger partial charge in [0.05, 0.1) is 33.3 Å². The third-order valence-corrected chi connectivity index (χ3v) is 22.9. The molecule has 4 heterocycles. The number of rotatable bonds is 9. The molecule has 0 atom stereocenters. The van der Waals surface area contributed by atoms with E-state index >= 15 is 0 Å². The van der Waals surface area contributed by atoms with Crippen molar-refractivity contribution in [3.05, 3.63) is 421 Å². The Balaban J connectivity index is 0.604. The summed E-state index contributed by atoms with van der Waals surface area (Å²) in [6.45, 7) is 0. The van der Waals surface area contributed by atoms with E-state index in [2.05, 4.69) is 340 Å². The van der Waals surface area contributed by atoms with Gasteiger partial charge in [0, 0.05) is 66.4 Å². The molecule has 0 saturated heterocycles. The summed E-state index contributed by atoms with van der Waals surface area (Å²) in [5.74, 6) is 4.79. The van der Waals surface area contributed by atoms with Gasteiger partial charge in [-0.2, -0.15) is 0 Å². The van der Waals surface area contributed by atoms with Crippen LogP contribution in [0.4, 0.5) is 0 Å². The molecule has 4 aliphatic rings. The number of benzene rings is 16. The van der Waals surface area contributed by atoms with E-state index in [0.717, 1.165) is 156 Å². The van der Waals surface area contributed by atoms with Crippen LogP contribution in [0.15, 0.2) is 376 Å². The molecule has 2 spiro atoms. The van der Waals surface area contributed by atoms with Crippen molar-refractivity contribution >= 4 is 21.8 Å². The summed E-state index contributed by atoms with van der Waals surface area (Å²) in [6, 6.07) is 135. The van der Waals surface area contributed by atoms with Gasteiger partial charge in [0.1, 0.15) is 23.0 Å². The zero-order chi connectivity index (χ0) is 71.0. The quantitative estimate of drug-likeness (QED) is 0.143. The number of nitrogens with zero attached hydrogens (tertiary/aromatic N) is 4. The molecule has 0 saturated carbocycles. The van der Waals surface area contributed by atoms with Crippen molar-refractivity contribution in [1.82, 2.24) is 19.9 Å². The van der Waals surface area contributed by atoms with Crippen LogP contribution in [0.1, 0.15) is 44.5 Å². The second-order valence-electron chi connectivity index (χ2n) is 28.5. The molecule has 502 valence electrons. The minimum absolute atomic E-state index is 0.542. The molecule has 2 aromatic heterocycles. The van der Waals surface area contributed by atoms with E-state index in [1.165, 1.54) is 44.5 Å². The highest BCUT2D eigenvalue weighted by atomic mass is 16.5. The number of ether oxygens (including phenoxy) is 2. The van der Waals surface area contributed by atoms with Crippen molar-refractivity contribution in [3.8, 4) is 146 Å². The maximum Gasteiger partial charge on any atom is 0.160 e. The van der Waals surface area contributed by atoms with Gasteiger partial charge in [0.25, 0.3) is 0 Å². The van der Waals surface area contributed by atoms with Crippen molar-refractivity contribution in [1.29, 1.82) is 0 Å². The molecule has 6 heteroatoms. The first-order chi connectivity index (χ1) is 53.5. The Kier molecular flexibility index (Phi) is 13.7. The third kappa shape index (κ3) is 9.20. The average molecular weight is 1380 g/mol. The van der Waals surface area contributed by atoms with Gasteiger partial charge in [-0.05, 0) is 131 Å². The lowest BCUT2D eigenvalue weighted by Crippen LogP contribution is -2.32. The van der Waals surface area contributed by atoms with E-state index in [9.17, 15) is 0 Å². The van der Waals surface area contributed by atoms with Gasteiger partial charge in [-0.25, -0.2) is 19.9 Å². The maximum atomic E-state index is 7.17. The van der Waals surface area contributed by atoms with Gasteiger partial charge in [-0.15, -0.1) is 0 Å². The summed E-state index contributed by atoms with van der Waals surface area (Å²) in [4.78, 5) is 21.5. The Morgan fingerprint density at radius 3 is 1.01 bits per heavy atom. The topological polar surface area (TPSA) is 70.0 Å². The van der Waals surface area contributed by atoms with Crippen molar-refractivity contribution in [2.45, 2.75) is 10.8 Å². The van der Waals surface area contributed by atoms with Crippen LogP contribution in [-0.2, 0) is 10.8 Å². The van der Waals surface area contributed by atoms with Gasteiger partial charge in [-0.3, -0.25) is 0 Å². The molecule has 16 aromatic carbocycles. The summed E-state index contributed by atoms with van der Waals surface area (Å²) in [5, 5.41) is 1.90. The largest absolute Gasteiger partial charge is 0.456 e. The zero-order valence-corrected chi connectivity index (χ0v) is 58.4. The molecular weight excluding hydrogens is 1310 g/mol. The number of hydrogen-bond acceptors (Lipinski definition) is 6. The molecule has 22 rings (SSSR count). The highest BCUT2D eigenvalue weighted by Crippen LogP contribution is 2.65. The molecule has 0 bridgehead atoms. The van der Waals surface area contributed by atoms with Crippen LogP contribution in [0, 0.1) is 0 Å². The Morgan fingerprint density at radius 1 is 0.185 bits per heavy atom. The molecule has 0 amide bonds. The van der Waals surface area contributed by atoms with E-state index in [1.807, 2.05) is 36.4 Å². The van der Waals surface area contributed by atoms with Crippen molar-refractivity contribution in [2.75, 3.05) is 0 Å². The molecule has 6 nitrogen and oxygen atoms in total. The van der Waals surface area contributed by atoms with Crippen molar-refractivity contribution in [2.24, 2.45) is 0 Å². The standard InChI is InChI=1S/C102H62N4O2/c1-3-24-67(25-4-1)99-103-91-61-70(56-58-81(91)95(105-99)66-54-52-64(53-55-66)73-30-7-8-31-75(73)80-37-23-45-90-98(80)108-94-47-20-18-43-88(94)102(90)85-40-15-11-34-78(85)79-35-12-16-41-86(79)102)71-57-59-82-92(62-71)104-100(68-26-5-2-6-27-68)106-96(82)72-29-21-28-69(60-72)63-48-50-65(51-49-63)74-36-22-44-89-97(74)107-93-46-19-17-42-87(93)101(89)83-38-13-9-32-76(83)77-33-10-14-39-84(77)101/h1-62H. The summed E-state index contributed by atoms with van der Waals surface area (Å²) in [7, 11) is 0. The first-order valence-electron chi connectivity index (χ1n) is 36.9. The summed E-state index contributed by atoms with van der Waals surface area (Å²) >= 11 is 0. The Labute approximate surface area is 624 Å². The van der Waals surface area contributed by atoms with E-state index in [0.29, 0.717) is 11.6 Å². The van der Waals surface area contributed by atoms with Crippen LogP contribution in [0.2, 0.25) is 0 Å². The number of fused-ring (bicyclic) bond motifs is 20. The molecule has 0 N–H and O–H groups in total. The normalized spacial score (nSPS) is 13.3. The Hall–Kier alpha value is -14.2. The van der Waals surface area contributed by atoms with E-state index in [4.69, 9.17) is 29.4 Å². The first kappa shape index (κ1) is 61.3. The van der Waals surface area contributed by atoms with Gasteiger partial charge in [0.2, 0.25) is 0 Å². The highest BCUT2D eigenvalue weighted by Gasteiger charge is 2.53. The summed E-state index contributed by atoms with van der Waals surface area (Å²) < 4.78 is 14.2. The molecule has 18 aromatic rings. The van der Waals surface area contributed by atoms with Gasteiger partial charge < -0.3 is 9.47 Å². The monoisotopic (exact) mass is 1370 g/mol. The van der Waals surface area contributed by atoms with Gasteiger partial charge in [0.15, 0.2) is 11.6 Å². The van der Waals surface area contributed by atoms with E-state index < -0.39 is 10.8 Å². The lowest BCUT2D eigenvalue weighted by atomic mass is 9.65. The number of para-hydroxylation sites is 4. The molecule has 2 aliphatic carbocycles. The van der Waals surface area contributed by atoms with E-state index in [-0.39, 0.29) is 0 Å². The van der Waals surface area contributed by atoms with Gasteiger partial charge in [-0.1, -0.05) is 334 Å². The van der Waals surface area contributed by atoms with Crippen molar-refractivity contribution in [3.63, 3.8) is 0 Å². The lowest BCUT2D eigenvalue weighted by Gasteiger charge is -2.40. The fourth-order valence-electron chi connectivity index (χ4n) is 18.2. The van der Waals surface area contributed by atoms with Crippen LogP contribution < -0.4 is 9.47 Å². The summed E-state index contributed by atoms with van der Waals surface area (Å²) in [5.41, 5.74) is 31.4. The predicted octanol–water partition coefficient (Wildman–Crippen LogP) is 25.5. The smallest absolute Gasteiger partial charge is 0.160 e. The predicted molar refractivity (Wildman–Crippen MR) is 436 cm³/mol. The summed E-state index contributed by atoms with van der Waals surface area (Å²) in [6.07, 6.45) is 0. The van der Waals surface area contributed by atoms with Gasteiger partial charge >= 0.3 is 0 Å². The molecular formula is C102H62N4O2. The molecule has 2 aliphatic heterocycles. The molecule has 0 radical (unpaired) electrons. The second kappa shape index (κ2) is 24.2.